The Labute approximate surface area is 123 Å². The van der Waals surface area contributed by atoms with E-state index in [-0.39, 0.29) is 18.6 Å². The standard InChI is InChI=1S/C14H22O7/c1-7-8(2)19-12(6-18-9(3)15)14(21-11(5)17)13(7)20-10(4)16/h7-8,12-14H,6H2,1-5H3/t7?,8-,12?,13-,14-/m0/s1. The molecular formula is C14H22O7. The Kier molecular flexibility index (Phi) is 6.14. The average molecular weight is 302 g/mol. The van der Waals surface area contributed by atoms with Gasteiger partial charge in [0.15, 0.2) is 6.10 Å². The monoisotopic (exact) mass is 302 g/mol. The molecule has 1 aliphatic rings. The zero-order chi connectivity index (χ0) is 16.2. The lowest BCUT2D eigenvalue weighted by atomic mass is 9.88. The number of hydrogen-bond acceptors (Lipinski definition) is 7. The first-order valence-corrected chi connectivity index (χ1v) is 6.85. The first-order valence-electron chi connectivity index (χ1n) is 6.85. The maximum atomic E-state index is 11.3. The molecule has 7 heteroatoms. The van der Waals surface area contributed by atoms with E-state index in [9.17, 15) is 14.4 Å². The van der Waals surface area contributed by atoms with Crippen molar-refractivity contribution in [1.29, 1.82) is 0 Å². The quantitative estimate of drug-likeness (QED) is 0.561. The van der Waals surface area contributed by atoms with Crippen LogP contribution in [-0.2, 0) is 33.3 Å². The minimum atomic E-state index is -0.808. The molecule has 0 aromatic heterocycles. The summed E-state index contributed by atoms with van der Waals surface area (Å²) < 4.78 is 21.2. The van der Waals surface area contributed by atoms with Gasteiger partial charge in [-0.3, -0.25) is 14.4 Å². The first kappa shape index (κ1) is 17.4. The van der Waals surface area contributed by atoms with Gasteiger partial charge in [-0.15, -0.1) is 0 Å². The molecule has 0 bridgehead atoms. The van der Waals surface area contributed by atoms with Gasteiger partial charge in [-0.25, -0.2) is 0 Å². The van der Waals surface area contributed by atoms with Crippen molar-refractivity contribution in [2.24, 2.45) is 5.92 Å². The fraction of sp³-hybridized carbons (Fsp3) is 0.786. The highest BCUT2D eigenvalue weighted by molar-refractivity contribution is 5.67. The lowest BCUT2D eigenvalue weighted by molar-refractivity contribution is -0.228. The van der Waals surface area contributed by atoms with E-state index in [2.05, 4.69) is 0 Å². The SMILES string of the molecule is CC(=O)OCC1O[C@@H](C)C(C)[C@H](OC(C)=O)[C@H]1OC(C)=O. The molecule has 0 N–H and O–H groups in total. The molecule has 0 aromatic carbocycles. The fourth-order valence-electron chi connectivity index (χ4n) is 2.29. The Balaban J connectivity index is 2.94. The fourth-order valence-corrected chi connectivity index (χ4v) is 2.29. The molecule has 1 rings (SSSR count). The van der Waals surface area contributed by atoms with Gasteiger partial charge in [-0.1, -0.05) is 6.92 Å². The van der Waals surface area contributed by atoms with Crippen molar-refractivity contribution in [2.75, 3.05) is 6.61 Å². The molecule has 1 saturated heterocycles. The summed E-state index contributed by atoms with van der Waals surface area (Å²) in [6.07, 6.45) is -2.36. The summed E-state index contributed by atoms with van der Waals surface area (Å²) in [6, 6.07) is 0. The summed E-state index contributed by atoms with van der Waals surface area (Å²) in [4.78, 5) is 33.5. The van der Waals surface area contributed by atoms with Gasteiger partial charge in [0.2, 0.25) is 0 Å². The molecule has 0 saturated carbocycles. The van der Waals surface area contributed by atoms with Gasteiger partial charge in [0.1, 0.15) is 18.8 Å². The molecule has 0 aliphatic carbocycles. The van der Waals surface area contributed by atoms with Crippen LogP contribution in [0.1, 0.15) is 34.6 Å². The Morgan fingerprint density at radius 2 is 1.43 bits per heavy atom. The van der Waals surface area contributed by atoms with E-state index in [0.29, 0.717) is 0 Å². The van der Waals surface area contributed by atoms with Crippen LogP contribution in [0.4, 0.5) is 0 Å². The van der Waals surface area contributed by atoms with Crippen molar-refractivity contribution in [3.05, 3.63) is 0 Å². The lowest BCUT2D eigenvalue weighted by Gasteiger charge is -2.43. The molecule has 21 heavy (non-hydrogen) atoms. The summed E-state index contributed by atoms with van der Waals surface area (Å²) in [5, 5.41) is 0. The maximum Gasteiger partial charge on any atom is 0.303 e. The third-order valence-electron chi connectivity index (χ3n) is 3.39. The van der Waals surface area contributed by atoms with Crippen LogP contribution in [0, 0.1) is 5.92 Å². The molecule has 1 aliphatic heterocycles. The summed E-state index contributed by atoms with van der Waals surface area (Å²) in [5.41, 5.74) is 0. The second-order valence-electron chi connectivity index (χ2n) is 5.19. The Morgan fingerprint density at radius 3 is 1.90 bits per heavy atom. The zero-order valence-corrected chi connectivity index (χ0v) is 13.0. The molecule has 1 fully saturated rings. The number of carbonyl (C=O) groups excluding carboxylic acids is 3. The van der Waals surface area contributed by atoms with Gasteiger partial charge in [-0.2, -0.15) is 0 Å². The van der Waals surface area contributed by atoms with Crippen LogP contribution in [0.15, 0.2) is 0 Å². The van der Waals surface area contributed by atoms with Crippen LogP contribution in [-0.4, -0.2) is 48.9 Å². The molecule has 0 amide bonds. The smallest absolute Gasteiger partial charge is 0.303 e. The highest BCUT2D eigenvalue weighted by Gasteiger charge is 2.46. The molecule has 0 radical (unpaired) electrons. The zero-order valence-electron chi connectivity index (χ0n) is 13.0. The molecule has 7 nitrogen and oxygen atoms in total. The largest absolute Gasteiger partial charge is 0.463 e. The van der Waals surface area contributed by atoms with Gasteiger partial charge < -0.3 is 18.9 Å². The third kappa shape index (κ3) is 5.00. The van der Waals surface area contributed by atoms with Gasteiger partial charge in [0.25, 0.3) is 0 Å². The maximum absolute atomic E-state index is 11.3. The molecule has 5 atom stereocenters. The van der Waals surface area contributed by atoms with Crippen molar-refractivity contribution < 1.29 is 33.3 Å². The number of carbonyl (C=O) groups is 3. The second-order valence-corrected chi connectivity index (χ2v) is 5.19. The van der Waals surface area contributed by atoms with E-state index < -0.39 is 36.2 Å². The second kappa shape index (κ2) is 7.40. The summed E-state index contributed by atoms with van der Waals surface area (Å²) >= 11 is 0. The summed E-state index contributed by atoms with van der Waals surface area (Å²) in [6.45, 7) is 7.43. The van der Waals surface area contributed by atoms with E-state index >= 15 is 0 Å². The van der Waals surface area contributed by atoms with Crippen LogP contribution in [0.25, 0.3) is 0 Å². The Hall–Kier alpha value is -1.63. The van der Waals surface area contributed by atoms with E-state index in [0.717, 1.165) is 0 Å². The topological polar surface area (TPSA) is 88.1 Å². The molecular weight excluding hydrogens is 280 g/mol. The normalized spacial score (nSPS) is 32.1. The van der Waals surface area contributed by atoms with Crippen molar-refractivity contribution in [3.8, 4) is 0 Å². The van der Waals surface area contributed by atoms with Crippen LogP contribution in [0.5, 0.6) is 0 Å². The highest BCUT2D eigenvalue weighted by Crippen LogP contribution is 2.30. The highest BCUT2D eigenvalue weighted by atomic mass is 16.6. The number of hydrogen-bond donors (Lipinski definition) is 0. The molecule has 0 spiro atoms. The third-order valence-corrected chi connectivity index (χ3v) is 3.39. The molecule has 1 heterocycles. The molecule has 2 unspecified atom stereocenters. The van der Waals surface area contributed by atoms with Crippen molar-refractivity contribution >= 4 is 17.9 Å². The van der Waals surface area contributed by atoms with Gasteiger partial charge in [0.05, 0.1) is 6.10 Å². The van der Waals surface area contributed by atoms with Crippen molar-refractivity contribution in [1.82, 2.24) is 0 Å². The van der Waals surface area contributed by atoms with Crippen LogP contribution in [0.2, 0.25) is 0 Å². The predicted octanol–water partition coefficient (Wildman–Crippen LogP) is 0.836. The van der Waals surface area contributed by atoms with Gasteiger partial charge in [0, 0.05) is 26.7 Å². The van der Waals surface area contributed by atoms with Crippen LogP contribution in [0.3, 0.4) is 0 Å². The molecule has 0 aromatic rings. The van der Waals surface area contributed by atoms with Crippen molar-refractivity contribution in [3.63, 3.8) is 0 Å². The lowest BCUT2D eigenvalue weighted by Crippen LogP contribution is -2.57. The molecule has 120 valence electrons. The minimum Gasteiger partial charge on any atom is -0.463 e. The van der Waals surface area contributed by atoms with Gasteiger partial charge in [-0.05, 0) is 6.92 Å². The minimum absolute atomic E-state index is 0.0674. The number of rotatable bonds is 4. The average Bonchev–Trinajstić information content (AvgIpc) is 2.35. The number of ether oxygens (including phenoxy) is 4. The Bertz CT molecular complexity index is 406. The van der Waals surface area contributed by atoms with E-state index in [1.165, 1.54) is 20.8 Å². The predicted molar refractivity (Wildman–Crippen MR) is 71.2 cm³/mol. The van der Waals surface area contributed by atoms with Crippen LogP contribution < -0.4 is 0 Å². The summed E-state index contributed by atoms with van der Waals surface area (Å²) in [5.74, 6) is -1.61. The van der Waals surface area contributed by atoms with E-state index in [1.54, 1.807) is 0 Å². The van der Waals surface area contributed by atoms with E-state index in [4.69, 9.17) is 18.9 Å². The van der Waals surface area contributed by atoms with Gasteiger partial charge >= 0.3 is 17.9 Å². The van der Waals surface area contributed by atoms with Crippen molar-refractivity contribution in [2.45, 2.75) is 59.0 Å². The first-order chi connectivity index (χ1) is 9.72. The Morgan fingerprint density at radius 1 is 0.905 bits per heavy atom. The summed E-state index contributed by atoms with van der Waals surface area (Å²) in [7, 11) is 0. The van der Waals surface area contributed by atoms with Crippen LogP contribution >= 0.6 is 0 Å². The number of esters is 3. The van der Waals surface area contributed by atoms with E-state index in [1.807, 2.05) is 13.8 Å².